The number of sulfone groups is 1. The van der Waals surface area contributed by atoms with Crippen LogP contribution in [0.25, 0.3) is 0 Å². The monoisotopic (exact) mass is 426 g/mol. The van der Waals surface area contributed by atoms with E-state index in [9.17, 15) is 18.3 Å². The van der Waals surface area contributed by atoms with E-state index in [0.717, 1.165) is 5.56 Å². The molecular formula is C20H23ClO6S. The van der Waals surface area contributed by atoms with Gasteiger partial charge in [-0.15, -0.1) is 0 Å². The zero-order chi connectivity index (χ0) is 20.4. The largest absolute Gasteiger partial charge is 0.491 e. The van der Waals surface area contributed by atoms with Crippen molar-refractivity contribution in [2.24, 2.45) is 0 Å². The second-order valence-corrected chi connectivity index (χ2v) is 8.87. The van der Waals surface area contributed by atoms with Crippen LogP contribution < -0.4 is 4.74 Å². The number of hydrogen-bond acceptors (Lipinski definition) is 5. The number of aryl methyl sites for hydroxylation is 1. The number of carboxylic acid groups (broad SMARTS) is 1. The molecule has 6 nitrogen and oxygen atoms in total. The third kappa shape index (κ3) is 7.50. The van der Waals surface area contributed by atoms with Crippen molar-refractivity contribution in [3.63, 3.8) is 0 Å². The Kier molecular flexibility index (Phi) is 8.76. The van der Waals surface area contributed by atoms with Crippen molar-refractivity contribution in [2.75, 3.05) is 25.6 Å². The lowest BCUT2D eigenvalue weighted by Crippen LogP contribution is -2.34. The zero-order valence-electron chi connectivity index (χ0n) is 15.3. The molecule has 0 spiro atoms. The summed E-state index contributed by atoms with van der Waals surface area (Å²) >= 11 is 5.79. The second-order valence-electron chi connectivity index (χ2n) is 6.13. The predicted molar refractivity (Wildman–Crippen MR) is 108 cm³/mol. The molecule has 0 saturated carbocycles. The minimum absolute atomic E-state index is 0.0194. The number of benzene rings is 2. The summed E-state index contributed by atoms with van der Waals surface area (Å²) in [7, 11) is -3.78. The molecule has 0 amide bonds. The SMILES string of the molecule is O=C(O)C(CCOCCOc1ccc(Cl)cc1)S(=O)(=O)CCc1ccccc1. The van der Waals surface area contributed by atoms with Gasteiger partial charge in [0.25, 0.3) is 0 Å². The normalized spacial score (nSPS) is 12.5. The Balaban J connectivity index is 1.73. The summed E-state index contributed by atoms with van der Waals surface area (Å²) in [5.41, 5.74) is 0.853. The molecule has 1 unspecified atom stereocenters. The minimum Gasteiger partial charge on any atom is -0.491 e. The number of ether oxygens (including phenoxy) is 2. The van der Waals surface area contributed by atoms with Gasteiger partial charge in [0.15, 0.2) is 15.1 Å². The first-order valence-electron chi connectivity index (χ1n) is 8.83. The number of halogens is 1. The molecule has 0 bridgehead atoms. The summed E-state index contributed by atoms with van der Waals surface area (Å²) in [6.45, 7) is 0.505. The van der Waals surface area contributed by atoms with E-state index in [1.165, 1.54) is 0 Å². The van der Waals surface area contributed by atoms with Gasteiger partial charge in [-0.25, -0.2) is 8.42 Å². The van der Waals surface area contributed by atoms with Crippen molar-refractivity contribution >= 4 is 27.4 Å². The van der Waals surface area contributed by atoms with Crippen molar-refractivity contribution in [1.29, 1.82) is 0 Å². The molecule has 0 heterocycles. The van der Waals surface area contributed by atoms with Gasteiger partial charge in [0.05, 0.1) is 12.4 Å². The van der Waals surface area contributed by atoms with Crippen LogP contribution in [0.4, 0.5) is 0 Å². The fraction of sp³-hybridized carbons (Fsp3) is 0.350. The van der Waals surface area contributed by atoms with Crippen molar-refractivity contribution < 1.29 is 27.8 Å². The molecule has 1 N–H and O–H groups in total. The Hall–Kier alpha value is -2.09. The number of carbonyl (C=O) groups is 1. The Morgan fingerprint density at radius 2 is 1.68 bits per heavy atom. The smallest absolute Gasteiger partial charge is 0.321 e. The highest BCUT2D eigenvalue weighted by Crippen LogP contribution is 2.15. The summed E-state index contributed by atoms with van der Waals surface area (Å²) in [5.74, 6) is -0.929. The lowest BCUT2D eigenvalue weighted by molar-refractivity contribution is -0.136. The molecule has 2 rings (SSSR count). The van der Waals surface area contributed by atoms with Crippen molar-refractivity contribution in [2.45, 2.75) is 18.1 Å². The summed E-state index contributed by atoms with van der Waals surface area (Å²) < 4.78 is 35.6. The molecular weight excluding hydrogens is 404 g/mol. The number of aliphatic carboxylic acids is 1. The van der Waals surface area contributed by atoms with Crippen LogP contribution in [-0.2, 0) is 25.8 Å². The fourth-order valence-electron chi connectivity index (χ4n) is 2.55. The van der Waals surface area contributed by atoms with Crippen molar-refractivity contribution in [1.82, 2.24) is 0 Å². The number of rotatable bonds is 12. The summed E-state index contributed by atoms with van der Waals surface area (Å²) in [5, 5.41) is 8.44. The Morgan fingerprint density at radius 3 is 2.32 bits per heavy atom. The Morgan fingerprint density at radius 1 is 1.00 bits per heavy atom. The highest BCUT2D eigenvalue weighted by molar-refractivity contribution is 7.92. The van der Waals surface area contributed by atoms with Crippen LogP contribution >= 0.6 is 11.6 Å². The molecule has 0 aliphatic heterocycles. The van der Waals surface area contributed by atoms with Crippen LogP contribution in [0.3, 0.4) is 0 Å². The van der Waals surface area contributed by atoms with Crippen molar-refractivity contribution in [3.8, 4) is 5.75 Å². The van der Waals surface area contributed by atoms with Gasteiger partial charge in [0, 0.05) is 11.6 Å². The lowest BCUT2D eigenvalue weighted by atomic mass is 10.2. The van der Waals surface area contributed by atoms with E-state index < -0.39 is 21.1 Å². The predicted octanol–water partition coefficient (Wildman–Crippen LogP) is 3.24. The summed E-state index contributed by atoms with van der Waals surface area (Å²) in [6, 6.07) is 16.0. The van der Waals surface area contributed by atoms with E-state index in [1.54, 1.807) is 24.3 Å². The van der Waals surface area contributed by atoms with Crippen LogP contribution in [0.15, 0.2) is 54.6 Å². The zero-order valence-corrected chi connectivity index (χ0v) is 16.9. The van der Waals surface area contributed by atoms with Gasteiger partial charge in [-0.05, 0) is 42.7 Å². The molecule has 1 atom stereocenters. The highest BCUT2D eigenvalue weighted by Gasteiger charge is 2.31. The van der Waals surface area contributed by atoms with E-state index in [-0.39, 0.29) is 38.4 Å². The molecule has 8 heteroatoms. The van der Waals surface area contributed by atoms with Gasteiger partial charge >= 0.3 is 5.97 Å². The van der Waals surface area contributed by atoms with Gasteiger partial charge in [-0.3, -0.25) is 4.79 Å². The van der Waals surface area contributed by atoms with E-state index in [2.05, 4.69) is 0 Å². The standard InChI is InChI=1S/C20H23ClO6S/c21-17-6-8-18(9-7-17)27-14-13-26-12-10-19(20(22)23)28(24,25)15-11-16-4-2-1-3-5-16/h1-9,19H,10-15H2,(H,22,23). The molecule has 2 aromatic carbocycles. The number of hydrogen-bond donors (Lipinski definition) is 1. The first-order valence-corrected chi connectivity index (χ1v) is 10.9. The topological polar surface area (TPSA) is 89.9 Å². The molecule has 0 radical (unpaired) electrons. The molecule has 152 valence electrons. The van der Waals surface area contributed by atoms with Crippen LogP contribution in [0.1, 0.15) is 12.0 Å². The van der Waals surface area contributed by atoms with E-state index >= 15 is 0 Å². The Labute approximate surface area is 170 Å². The maximum absolute atomic E-state index is 12.4. The average molecular weight is 427 g/mol. The summed E-state index contributed by atoms with van der Waals surface area (Å²) in [6.07, 6.45) is 0.177. The molecule has 0 aliphatic rings. The highest BCUT2D eigenvalue weighted by atomic mass is 35.5. The maximum Gasteiger partial charge on any atom is 0.321 e. The summed E-state index contributed by atoms with van der Waals surface area (Å²) in [4.78, 5) is 11.4. The maximum atomic E-state index is 12.4. The second kappa shape index (κ2) is 11.0. The van der Waals surface area contributed by atoms with Crippen molar-refractivity contribution in [3.05, 3.63) is 65.2 Å². The van der Waals surface area contributed by atoms with Gasteiger partial charge in [-0.1, -0.05) is 41.9 Å². The quantitative estimate of drug-likeness (QED) is 0.524. The van der Waals surface area contributed by atoms with E-state index in [0.29, 0.717) is 10.8 Å². The molecule has 0 aromatic heterocycles. The first-order chi connectivity index (χ1) is 13.4. The minimum atomic E-state index is -3.78. The van der Waals surface area contributed by atoms with Crippen LogP contribution in [0.2, 0.25) is 5.02 Å². The lowest BCUT2D eigenvalue weighted by Gasteiger charge is -2.14. The van der Waals surface area contributed by atoms with Crippen LogP contribution in [0.5, 0.6) is 5.75 Å². The van der Waals surface area contributed by atoms with Gasteiger partial charge in [0.1, 0.15) is 12.4 Å². The molecule has 0 aliphatic carbocycles. The molecule has 0 fully saturated rings. The van der Waals surface area contributed by atoms with E-state index in [1.807, 2.05) is 30.3 Å². The fourth-order valence-corrected chi connectivity index (χ4v) is 4.24. The first kappa shape index (κ1) is 22.2. The van der Waals surface area contributed by atoms with E-state index in [4.69, 9.17) is 21.1 Å². The average Bonchev–Trinajstić information content (AvgIpc) is 2.67. The molecule has 28 heavy (non-hydrogen) atoms. The third-order valence-corrected chi connectivity index (χ3v) is 6.39. The molecule has 0 saturated heterocycles. The third-order valence-electron chi connectivity index (χ3n) is 4.06. The van der Waals surface area contributed by atoms with Gasteiger partial charge in [0.2, 0.25) is 0 Å². The number of carboxylic acids is 1. The van der Waals surface area contributed by atoms with Crippen LogP contribution in [-0.4, -0.2) is 50.3 Å². The molecule has 2 aromatic rings. The Bertz CT molecular complexity index is 837. The van der Waals surface area contributed by atoms with Crippen LogP contribution in [0, 0.1) is 0 Å². The van der Waals surface area contributed by atoms with Gasteiger partial charge in [-0.2, -0.15) is 0 Å². The van der Waals surface area contributed by atoms with Gasteiger partial charge < -0.3 is 14.6 Å².